The van der Waals surface area contributed by atoms with E-state index in [1.807, 2.05) is 30.3 Å². The van der Waals surface area contributed by atoms with E-state index in [4.69, 9.17) is 4.74 Å². The quantitative estimate of drug-likeness (QED) is 0.761. The minimum Gasteiger partial charge on any atom is -0.389 e. The Morgan fingerprint density at radius 3 is 2.25 bits per heavy atom. The van der Waals surface area contributed by atoms with Crippen LogP contribution in [0.15, 0.2) is 54.6 Å². The second-order valence-corrected chi connectivity index (χ2v) is 6.66. The molecule has 1 atom stereocenters. The summed E-state index contributed by atoms with van der Waals surface area (Å²) in [6.07, 6.45) is -0.485. The molecule has 0 aromatic heterocycles. The fourth-order valence-electron chi connectivity index (χ4n) is 2.60. The van der Waals surface area contributed by atoms with Crippen molar-refractivity contribution in [2.24, 2.45) is 0 Å². The summed E-state index contributed by atoms with van der Waals surface area (Å²) >= 11 is 0. The predicted molar refractivity (Wildman–Crippen MR) is 98.8 cm³/mol. The van der Waals surface area contributed by atoms with Gasteiger partial charge in [0, 0.05) is 19.1 Å². The van der Waals surface area contributed by atoms with E-state index in [9.17, 15) is 5.11 Å². The van der Waals surface area contributed by atoms with Crippen LogP contribution in [0.5, 0.6) is 0 Å². The lowest BCUT2D eigenvalue weighted by Crippen LogP contribution is -2.38. The average molecular weight is 327 g/mol. The van der Waals surface area contributed by atoms with Crippen LogP contribution in [-0.2, 0) is 17.9 Å². The molecular formula is C21H29NO2. The lowest BCUT2D eigenvalue weighted by molar-refractivity contribution is 0.00314. The summed E-state index contributed by atoms with van der Waals surface area (Å²) in [4.78, 5) is 2.28. The fraction of sp³-hybridized carbons (Fsp3) is 0.429. The van der Waals surface area contributed by atoms with Crippen LogP contribution in [-0.4, -0.2) is 35.3 Å². The molecule has 0 aliphatic heterocycles. The molecule has 0 amide bonds. The van der Waals surface area contributed by atoms with E-state index in [1.165, 1.54) is 11.1 Å². The van der Waals surface area contributed by atoms with Gasteiger partial charge in [-0.1, -0.05) is 60.2 Å². The number of aliphatic hydroxyl groups is 1. The molecule has 0 spiro atoms. The fourth-order valence-corrected chi connectivity index (χ4v) is 2.60. The van der Waals surface area contributed by atoms with Gasteiger partial charge in [0.25, 0.3) is 0 Å². The predicted octanol–water partition coefficient (Wildman–Crippen LogP) is 3.78. The molecule has 2 rings (SSSR count). The summed E-state index contributed by atoms with van der Waals surface area (Å²) in [5, 5.41) is 10.3. The molecule has 1 unspecified atom stereocenters. The van der Waals surface area contributed by atoms with Crippen LogP contribution in [0.2, 0.25) is 0 Å². The topological polar surface area (TPSA) is 32.7 Å². The smallest absolute Gasteiger partial charge is 0.0900 e. The summed E-state index contributed by atoms with van der Waals surface area (Å²) < 4.78 is 5.65. The maximum atomic E-state index is 10.3. The molecular weight excluding hydrogens is 298 g/mol. The van der Waals surface area contributed by atoms with E-state index < -0.39 is 6.10 Å². The number of ether oxygens (including phenoxy) is 1. The first-order valence-corrected chi connectivity index (χ1v) is 8.64. The van der Waals surface area contributed by atoms with Crippen molar-refractivity contribution in [3.05, 3.63) is 71.3 Å². The monoisotopic (exact) mass is 327 g/mol. The standard InChI is InChI=1S/C21H29NO2/c1-17(2)22(13-19-11-9-18(3)10-12-19)14-21(23)16-24-15-20-7-5-4-6-8-20/h4-12,17,21,23H,13-16H2,1-3H3. The Morgan fingerprint density at radius 1 is 0.958 bits per heavy atom. The van der Waals surface area contributed by atoms with E-state index >= 15 is 0 Å². The molecule has 1 N–H and O–H groups in total. The SMILES string of the molecule is Cc1ccc(CN(CC(O)COCc2ccccc2)C(C)C)cc1. The number of hydrogen-bond donors (Lipinski definition) is 1. The third kappa shape index (κ3) is 6.44. The summed E-state index contributed by atoms with van der Waals surface area (Å²) in [6.45, 7) is 8.76. The van der Waals surface area contributed by atoms with Crippen LogP contribution in [0.1, 0.15) is 30.5 Å². The zero-order valence-corrected chi connectivity index (χ0v) is 15.0. The zero-order chi connectivity index (χ0) is 17.4. The van der Waals surface area contributed by atoms with Gasteiger partial charge in [-0.15, -0.1) is 0 Å². The highest BCUT2D eigenvalue weighted by molar-refractivity contribution is 5.21. The highest BCUT2D eigenvalue weighted by Crippen LogP contribution is 2.11. The minimum absolute atomic E-state index is 0.353. The first-order chi connectivity index (χ1) is 11.5. The molecule has 0 saturated heterocycles. The second-order valence-electron chi connectivity index (χ2n) is 6.66. The third-order valence-corrected chi connectivity index (χ3v) is 4.10. The molecule has 0 bridgehead atoms. The molecule has 0 radical (unpaired) electrons. The molecule has 0 aliphatic carbocycles. The van der Waals surface area contributed by atoms with Crippen molar-refractivity contribution in [2.45, 2.75) is 46.1 Å². The molecule has 3 nitrogen and oxygen atoms in total. The molecule has 0 aliphatic rings. The van der Waals surface area contributed by atoms with Crippen LogP contribution in [0.4, 0.5) is 0 Å². The summed E-state index contributed by atoms with van der Waals surface area (Å²) in [6, 6.07) is 19.0. The molecule has 0 saturated carbocycles. The zero-order valence-electron chi connectivity index (χ0n) is 15.0. The first-order valence-electron chi connectivity index (χ1n) is 8.64. The van der Waals surface area contributed by atoms with Crippen molar-refractivity contribution < 1.29 is 9.84 Å². The molecule has 0 heterocycles. The van der Waals surface area contributed by atoms with Crippen molar-refractivity contribution in [1.82, 2.24) is 4.90 Å². The largest absolute Gasteiger partial charge is 0.389 e. The Hall–Kier alpha value is -1.68. The van der Waals surface area contributed by atoms with Gasteiger partial charge in [-0.25, -0.2) is 0 Å². The second kappa shape index (κ2) is 9.58. The number of benzene rings is 2. The number of aliphatic hydroxyl groups excluding tert-OH is 1. The van der Waals surface area contributed by atoms with Gasteiger partial charge in [0.2, 0.25) is 0 Å². The first kappa shape index (κ1) is 18.7. The highest BCUT2D eigenvalue weighted by atomic mass is 16.5. The average Bonchev–Trinajstić information content (AvgIpc) is 2.57. The number of rotatable bonds is 9. The van der Waals surface area contributed by atoms with Gasteiger partial charge in [0.15, 0.2) is 0 Å². The van der Waals surface area contributed by atoms with Crippen LogP contribution in [0.25, 0.3) is 0 Å². The van der Waals surface area contributed by atoms with Crippen LogP contribution < -0.4 is 0 Å². The Labute approximate surface area is 145 Å². The number of hydrogen-bond acceptors (Lipinski definition) is 3. The highest BCUT2D eigenvalue weighted by Gasteiger charge is 2.15. The van der Waals surface area contributed by atoms with Gasteiger partial charge in [0.1, 0.15) is 0 Å². The van der Waals surface area contributed by atoms with E-state index in [2.05, 4.69) is 49.9 Å². The summed E-state index contributed by atoms with van der Waals surface area (Å²) in [5.41, 5.74) is 3.67. The maximum absolute atomic E-state index is 10.3. The van der Waals surface area contributed by atoms with Gasteiger partial charge in [-0.05, 0) is 31.9 Å². The van der Waals surface area contributed by atoms with Crippen molar-refractivity contribution in [2.75, 3.05) is 13.2 Å². The summed E-state index contributed by atoms with van der Waals surface area (Å²) in [7, 11) is 0. The molecule has 2 aromatic rings. The van der Waals surface area contributed by atoms with Crippen molar-refractivity contribution in [3.8, 4) is 0 Å². The minimum atomic E-state index is -0.485. The third-order valence-electron chi connectivity index (χ3n) is 4.10. The van der Waals surface area contributed by atoms with E-state index in [-0.39, 0.29) is 0 Å². The molecule has 2 aromatic carbocycles. The molecule has 130 valence electrons. The Morgan fingerprint density at radius 2 is 1.62 bits per heavy atom. The van der Waals surface area contributed by atoms with Crippen LogP contribution >= 0.6 is 0 Å². The number of aryl methyl sites for hydroxylation is 1. The van der Waals surface area contributed by atoms with Gasteiger partial charge in [0.05, 0.1) is 19.3 Å². The lowest BCUT2D eigenvalue weighted by atomic mass is 10.1. The Balaban J connectivity index is 1.79. The van der Waals surface area contributed by atoms with Crippen molar-refractivity contribution >= 4 is 0 Å². The van der Waals surface area contributed by atoms with Crippen LogP contribution in [0.3, 0.4) is 0 Å². The Kier molecular flexibility index (Phi) is 7.44. The lowest BCUT2D eigenvalue weighted by Gasteiger charge is -2.28. The van der Waals surface area contributed by atoms with Gasteiger partial charge >= 0.3 is 0 Å². The summed E-state index contributed by atoms with van der Waals surface area (Å²) in [5.74, 6) is 0. The van der Waals surface area contributed by atoms with Gasteiger partial charge in [-0.3, -0.25) is 4.90 Å². The maximum Gasteiger partial charge on any atom is 0.0900 e. The van der Waals surface area contributed by atoms with Gasteiger partial charge in [-0.2, -0.15) is 0 Å². The van der Waals surface area contributed by atoms with E-state index in [1.54, 1.807) is 0 Å². The van der Waals surface area contributed by atoms with E-state index in [0.717, 1.165) is 12.1 Å². The molecule has 24 heavy (non-hydrogen) atoms. The Bertz CT molecular complexity index is 581. The van der Waals surface area contributed by atoms with E-state index in [0.29, 0.717) is 25.8 Å². The van der Waals surface area contributed by atoms with Crippen molar-refractivity contribution in [1.29, 1.82) is 0 Å². The van der Waals surface area contributed by atoms with Crippen LogP contribution in [0, 0.1) is 6.92 Å². The number of nitrogens with zero attached hydrogens (tertiary/aromatic N) is 1. The van der Waals surface area contributed by atoms with Crippen molar-refractivity contribution in [3.63, 3.8) is 0 Å². The normalized spacial score (nSPS) is 12.8. The molecule has 3 heteroatoms. The molecule has 0 fully saturated rings. The van der Waals surface area contributed by atoms with Gasteiger partial charge < -0.3 is 9.84 Å².